The van der Waals surface area contributed by atoms with Gasteiger partial charge in [-0.2, -0.15) is 0 Å². The number of rotatable bonds is 3. The van der Waals surface area contributed by atoms with E-state index in [2.05, 4.69) is 4.74 Å². The molecule has 1 atom stereocenters. The highest BCUT2D eigenvalue weighted by molar-refractivity contribution is 6.31. The maximum atomic E-state index is 11.1. The minimum atomic E-state index is -0.659. The van der Waals surface area contributed by atoms with Gasteiger partial charge in [0.05, 0.1) is 7.11 Å². The van der Waals surface area contributed by atoms with E-state index >= 15 is 0 Å². The molecule has 0 N–H and O–H groups in total. The number of ether oxygens (including phenoxy) is 1. The van der Waals surface area contributed by atoms with Crippen LogP contribution in [-0.2, 0) is 16.0 Å². The first-order valence-corrected chi connectivity index (χ1v) is 5.33. The fourth-order valence-electron chi connectivity index (χ4n) is 1.18. The van der Waals surface area contributed by atoms with Crippen LogP contribution >= 0.6 is 23.2 Å². The van der Waals surface area contributed by atoms with E-state index in [0.717, 1.165) is 11.1 Å². The van der Waals surface area contributed by atoms with E-state index in [4.69, 9.17) is 23.2 Å². The molecule has 1 unspecified atom stereocenters. The van der Waals surface area contributed by atoms with Gasteiger partial charge in [-0.15, -0.1) is 11.6 Å². The highest BCUT2D eigenvalue weighted by Crippen LogP contribution is 2.19. The van der Waals surface area contributed by atoms with Gasteiger partial charge in [-0.1, -0.05) is 23.7 Å². The third-order valence-electron chi connectivity index (χ3n) is 2.11. The number of carbonyl (C=O) groups is 1. The fraction of sp³-hybridized carbons (Fsp3) is 0.364. The summed E-state index contributed by atoms with van der Waals surface area (Å²) in [7, 11) is 1.32. The Morgan fingerprint density at radius 2 is 2.20 bits per heavy atom. The first-order valence-electron chi connectivity index (χ1n) is 4.51. The summed E-state index contributed by atoms with van der Waals surface area (Å²) in [5.41, 5.74) is 1.93. The second-order valence-electron chi connectivity index (χ2n) is 3.28. The van der Waals surface area contributed by atoms with Crippen molar-refractivity contribution in [2.24, 2.45) is 0 Å². The molecule has 0 fully saturated rings. The second-order valence-corrected chi connectivity index (χ2v) is 4.21. The number of halogens is 2. The average molecular weight is 247 g/mol. The van der Waals surface area contributed by atoms with Crippen molar-refractivity contribution in [2.45, 2.75) is 18.7 Å². The van der Waals surface area contributed by atoms with Crippen LogP contribution in [0.25, 0.3) is 0 Å². The number of hydrogen-bond donors (Lipinski definition) is 0. The summed E-state index contributed by atoms with van der Waals surface area (Å²) in [4.78, 5) is 11.1. The molecule has 1 rings (SSSR count). The van der Waals surface area contributed by atoms with Crippen molar-refractivity contribution in [1.29, 1.82) is 0 Å². The second kappa shape index (κ2) is 5.38. The van der Waals surface area contributed by atoms with Crippen molar-refractivity contribution in [3.63, 3.8) is 0 Å². The number of hydrogen-bond acceptors (Lipinski definition) is 2. The van der Waals surface area contributed by atoms with E-state index in [1.807, 2.05) is 25.1 Å². The molecule has 0 aromatic heterocycles. The standard InChI is InChI=1S/C11H12Cl2O2/c1-7-3-4-8(5-9(7)12)6-10(13)11(14)15-2/h3-5,10H,6H2,1-2H3. The smallest absolute Gasteiger partial charge is 0.324 e. The Hall–Kier alpha value is -0.730. The van der Waals surface area contributed by atoms with Gasteiger partial charge in [0.15, 0.2) is 0 Å². The number of alkyl halides is 1. The van der Waals surface area contributed by atoms with Crippen LogP contribution in [0.15, 0.2) is 18.2 Å². The summed E-state index contributed by atoms with van der Waals surface area (Å²) in [6.45, 7) is 1.92. The van der Waals surface area contributed by atoms with Gasteiger partial charge in [-0.05, 0) is 30.5 Å². The topological polar surface area (TPSA) is 26.3 Å². The van der Waals surface area contributed by atoms with Gasteiger partial charge in [-0.3, -0.25) is 4.79 Å². The van der Waals surface area contributed by atoms with Crippen molar-refractivity contribution in [3.8, 4) is 0 Å². The molecule has 0 bridgehead atoms. The molecular weight excluding hydrogens is 235 g/mol. The maximum absolute atomic E-state index is 11.1. The number of esters is 1. The van der Waals surface area contributed by atoms with Crippen LogP contribution in [0.5, 0.6) is 0 Å². The predicted octanol–water partition coefficient (Wildman–Crippen LogP) is 2.97. The highest BCUT2D eigenvalue weighted by Gasteiger charge is 2.16. The lowest BCUT2D eigenvalue weighted by molar-refractivity contribution is -0.140. The Balaban J connectivity index is 2.73. The lowest BCUT2D eigenvalue weighted by Crippen LogP contribution is -2.18. The zero-order valence-corrected chi connectivity index (χ0v) is 10.1. The van der Waals surface area contributed by atoms with Gasteiger partial charge >= 0.3 is 5.97 Å². The molecule has 0 aliphatic carbocycles. The third-order valence-corrected chi connectivity index (χ3v) is 2.85. The Kier molecular flexibility index (Phi) is 4.43. The van der Waals surface area contributed by atoms with Crippen LogP contribution in [0.4, 0.5) is 0 Å². The van der Waals surface area contributed by atoms with Gasteiger partial charge < -0.3 is 4.74 Å². The van der Waals surface area contributed by atoms with E-state index < -0.39 is 11.3 Å². The van der Waals surface area contributed by atoms with E-state index in [1.54, 1.807) is 0 Å². The van der Waals surface area contributed by atoms with E-state index in [0.29, 0.717) is 11.4 Å². The SMILES string of the molecule is COC(=O)C(Cl)Cc1ccc(C)c(Cl)c1. The van der Waals surface area contributed by atoms with Crippen molar-refractivity contribution < 1.29 is 9.53 Å². The Bertz CT molecular complexity index is 364. The minimum Gasteiger partial charge on any atom is -0.468 e. The molecule has 0 heterocycles. The van der Waals surface area contributed by atoms with Crippen molar-refractivity contribution in [1.82, 2.24) is 0 Å². The molecule has 4 heteroatoms. The number of aryl methyl sites for hydroxylation is 1. The quantitative estimate of drug-likeness (QED) is 0.606. The lowest BCUT2D eigenvalue weighted by Gasteiger charge is -2.08. The summed E-state index contributed by atoms with van der Waals surface area (Å²) >= 11 is 11.8. The van der Waals surface area contributed by atoms with Gasteiger partial charge in [-0.25, -0.2) is 0 Å². The molecule has 2 nitrogen and oxygen atoms in total. The molecule has 0 amide bonds. The number of methoxy groups -OCH3 is 1. The van der Waals surface area contributed by atoms with Gasteiger partial charge in [0.1, 0.15) is 5.38 Å². The van der Waals surface area contributed by atoms with Crippen LogP contribution in [0.3, 0.4) is 0 Å². The number of benzene rings is 1. The first-order chi connectivity index (χ1) is 7.04. The van der Waals surface area contributed by atoms with Gasteiger partial charge in [0.2, 0.25) is 0 Å². The molecule has 1 aromatic rings. The average Bonchev–Trinajstić information content (AvgIpc) is 2.22. The van der Waals surface area contributed by atoms with Gasteiger partial charge in [0.25, 0.3) is 0 Å². The molecule has 15 heavy (non-hydrogen) atoms. The highest BCUT2D eigenvalue weighted by atomic mass is 35.5. The van der Waals surface area contributed by atoms with Crippen LogP contribution in [0.2, 0.25) is 5.02 Å². The fourth-order valence-corrected chi connectivity index (χ4v) is 1.65. The zero-order valence-electron chi connectivity index (χ0n) is 8.59. The summed E-state index contributed by atoms with van der Waals surface area (Å²) in [5, 5.41) is 0.0232. The molecule has 0 saturated heterocycles. The summed E-state index contributed by atoms with van der Waals surface area (Å²) in [5.74, 6) is -0.423. The Morgan fingerprint density at radius 1 is 1.53 bits per heavy atom. The van der Waals surface area contributed by atoms with E-state index in [1.165, 1.54) is 7.11 Å². The largest absolute Gasteiger partial charge is 0.468 e. The molecule has 0 aliphatic heterocycles. The van der Waals surface area contributed by atoms with E-state index in [9.17, 15) is 4.79 Å². The molecule has 0 aliphatic rings. The zero-order chi connectivity index (χ0) is 11.4. The van der Waals surface area contributed by atoms with Crippen molar-refractivity contribution >= 4 is 29.2 Å². The molecule has 0 radical (unpaired) electrons. The lowest BCUT2D eigenvalue weighted by atomic mass is 10.1. The number of carbonyl (C=O) groups excluding carboxylic acids is 1. The Morgan fingerprint density at radius 3 is 2.73 bits per heavy atom. The molecular formula is C11H12Cl2O2. The van der Waals surface area contributed by atoms with Crippen LogP contribution in [0, 0.1) is 6.92 Å². The van der Waals surface area contributed by atoms with Gasteiger partial charge in [0, 0.05) is 5.02 Å². The normalized spacial score (nSPS) is 12.3. The molecule has 1 aromatic carbocycles. The summed E-state index contributed by atoms with van der Waals surface area (Å²) in [6.07, 6.45) is 0.425. The predicted molar refractivity (Wildman–Crippen MR) is 61.6 cm³/mol. The molecule has 0 saturated carbocycles. The van der Waals surface area contributed by atoms with Crippen molar-refractivity contribution in [2.75, 3.05) is 7.11 Å². The van der Waals surface area contributed by atoms with Crippen molar-refractivity contribution in [3.05, 3.63) is 34.3 Å². The summed E-state index contributed by atoms with van der Waals surface area (Å²) < 4.78 is 4.53. The molecule has 0 spiro atoms. The Labute approximate surface area is 99.1 Å². The van der Waals surface area contributed by atoms with Crippen LogP contribution < -0.4 is 0 Å². The molecule has 82 valence electrons. The summed E-state index contributed by atoms with van der Waals surface area (Å²) in [6, 6.07) is 5.62. The minimum absolute atomic E-state index is 0.423. The third kappa shape index (κ3) is 3.40. The monoisotopic (exact) mass is 246 g/mol. The van der Waals surface area contributed by atoms with Crippen LogP contribution in [-0.4, -0.2) is 18.5 Å². The maximum Gasteiger partial charge on any atom is 0.324 e. The van der Waals surface area contributed by atoms with E-state index in [-0.39, 0.29) is 0 Å². The van der Waals surface area contributed by atoms with Crippen LogP contribution in [0.1, 0.15) is 11.1 Å². The first kappa shape index (κ1) is 12.3.